The quantitative estimate of drug-likeness (QED) is 0.573. The van der Waals surface area contributed by atoms with Crippen LogP contribution in [0.2, 0.25) is 0 Å². The topological polar surface area (TPSA) is 82.9 Å². The minimum absolute atomic E-state index is 0.267. The summed E-state index contributed by atoms with van der Waals surface area (Å²) in [6.45, 7) is 9.88. The molecule has 0 atom stereocenters. The maximum Gasteiger partial charge on any atom is 0.332 e. The highest BCUT2D eigenvalue weighted by atomic mass is 16.2. The third-order valence-electron chi connectivity index (χ3n) is 6.36. The van der Waals surface area contributed by atoms with Crippen LogP contribution in [0.5, 0.6) is 0 Å². The van der Waals surface area contributed by atoms with Gasteiger partial charge in [0.15, 0.2) is 11.2 Å². The summed E-state index contributed by atoms with van der Waals surface area (Å²) in [5.41, 5.74) is 2.33. The van der Waals surface area contributed by atoms with Crippen LogP contribution in [0.25, 0.3) is 17.1 Å². The highest BCUT2D eigenvalue weighted by Crippen LogP contribution is 2.18. The number of hydrogen-bond acceptors (Lipinski definition) is 5. The summed E-state index contributed by atoms with van der Waals surface area (Å²) in [5.74, 6) is 0.593. The molecule has 0 N–H and O–H groups in total. The fourth-order valence-corrected chi connectivity index (χ4v) is 4.52. The van der Waals surface area contributed by atoms with Gasteiger partial charge < -0.3 is 9.47 Å². The van der Waals surface area contributed by atoms with Crippen molar-refractivity contribution >= 4 is 11.2 Å². The SMILES string of the molecule is CCc1cc(CC)n(-c2nc3c(c(=O)n(CCN4CCCCC4)c(=O)n3C)n2CC)n1. The molecule has 31 heavy (non-hydrogen) atoms. The first-order valence-electron chi connectivity index (χ1n) is 11.5. The molecular formula is C22H33N7O2. The summed E-state index contributed by atoms with van der Waals surface area (Å²) in [7, 11) is 1.69. The number of aryl methyl sites for hydroxylation is 4. The molecule has 1 fully saturated rings. The average molecular weight is 428 g/mol. The lowest BCUT2D eigenvalue weighted by Gasteiger charge is -2.26. The van der Waals surface area contributed by atoms with E-state index in [4.69, 9.17) is 10.1 Å². The van der Waals surface area contributed by atoms with Gasteiger partial charge >= 0.3 is 5.69 Å². The van der Waals surface area contributed by atoms with Crippen LogP contribution in [0, 0.1) is 0 Å². The van der Waals surface area contributed by atoms with E-state index in [1.165, 1.54) is 28.4 Å². The summed E-state index contributed by atoms with van der Waals surface area (Å²) in [4.78, 5) is 33.5. The van der Waals surface area contributed by atoms with Crippen molar-refractivity contribution in [2.24, 2.45) is 7.05 Å². The smallest absolute Gasteiger partial charge is 0.303 e. The van der Waals surface area contributed by atoms with Crippen LogP contribution >= 0.6 is 0 Å². The number of piperidine rings is 1. The second-order valence-electron chi connectivity index (χ2n) is 8.27. The van der Waals surface area contributed by atoms with Crippen LogP contribution in [0.1, 0.15) is 51.4 Å². The molecule has 0 radical (unpaired) electrons. The summed E-state index contributed by atoms with van der Waals surface area (Å²) >= 11 is 0. The third-order valence-corrected chi connectivity index (χ3v) is 6.36. The molecule has 1 aliphatic rings. The van der Waals surface area contributed by atoms with Gasteiger partial charge in [-0.25, -0.2) is 9.48 Å². The molecule has 0 saturated carbocycles. The highest BCUT2D eigenvalue weighted by Gasteiger charge is 2.22. The predicted octanol–water partition coefficient (Wildman–Crippen LogP) is 1.71. The lowest BCUT2D eigenvalue weighted by atomic mass is 10.1. The van der Waals surface area contributed by atoms with E-state index in [0.29, 0.717) is 36.7 Å². The molecule has 0 unspecified atom stereocenters. The monoisotopic (exact) mass is 427 g/mol. The van der Waals surface area contributed by atoms with Gasteiger partial charge in [-0.15, -0.1) is 0 Å². The number of rotatable bonds is 7. The summed E-state index contributed by atoms with van der Waals surface area (Å²) in [6.07, 6.45) is 5.26. The Labute approximate surface area is 181 Å². The Morgan fingerprint density at radius 1 is 0.968 bits per heavy atom. The zero-order valence-electron chi connectivity index (χ0n) is 19.1. The summed E-state index contributed by atoms with van der Waals surface area (Å²) < 4.78 is 6.58. The maximum atomic E-state index is 13.5. The number of aromatic nitrogens is 6. The molecule has 3 aromatic heterocycles. The van der Waals surface area contributed by atoms with Crippen LogP contribution < -0.4 is 11.2 Å². The van der Waals surface area contributed by atoms with Crippen LogP contribution in [0.3, 0.4) is 0 Å². The van der Waals surface area contributed by atoms with E-state index < -0.39 is 0 Å². The Morgan fingerprint density at radius 2 is 1.71 bits per heavy atom. The second kappa shape index (κ2) is 8.82. The fraction of sp³-hybridized carbons (Fsp3) is 0.636. The number of hydrogen-bond donors (Lipinski definition) is 0. The Balaban J connectivity index is 1.84. The van der Waals surface area contributed by atoms with E-state index in [1.807, 2.05) is 16.2 Å². The van der Waals surface area contributed by atoms with Gasteiger partial charge in [-0.1, -0.05) is 20.3 Å². The molecule has 0 aromatic carbocycles. The van der Waals surface area contributed by atoms with Gasteiger partial charge in [0, 0.05) is 32.4 Å². The Morgan fingerprint density at radius 3 is 2.35 bits per heavy atom. The fourth-order valence-electron chi connectivity index (χ4n) is 4.52. The molecule has 9 nitrogen and oxygen atoms in total. The van der Waals surface area contributed by atoms with Crippen LogP contribution in [0.15, 0.2) is 15.7 Å². The molecule has 3 aromatic rings. The molecule has 4 rings (SSSR count). The van der Waals surface area contributed by atoms with Gasteiger partial charge in [0.05, 0.1) is 5.69 Å². The zero-order chi connectivity index (χ0) is 22.1. The molecule has 9 heteroatoms. The minimum Gasteiger partial charge on any atom is -0.303 e. The molecular weight excluding hydrogens is 394 g/mol. The van der Waals surface area contributed by atoms with E-state index >= 15 is 0 Å². The number of likely N-dealkylation sites (tertiary alicyclic amines) is 1. The van der Waals surface area contributed by atoms with Crippen molar-refractivity contribution in [2.75, 3.05) is 19.6 Å². The first-order chi connectivity index (χ1) is 15.0. The van der Waals surface area contributed by atoms with E-state index in [1.54, 1.807) is 7.05 Å². The standard InChI is InChI=1S/C22H33N7O2/c1-5-16-15-17(6-2)29(24-16)21-23-19-18(27(21)7-3)20(30)28(22(31)25(19)4)14-13-26-11-9-8-10-12-26/h15H,5-14H2,1-4H3. The van der Waals surface area contributed by atoms with E-state index in [9.17, 15) is 9.59 Å². The van der Waals surface area contributed by atoms with E-state index in [0.717, 1.165) is 37.3 Å². The molecule has 0 aliphatic carbocycles. The van der Waals surface area contributed by atoms with Gasteiger partial charge in [-0.05, 0) is 51.8 Å². The minimum atomic E-state index is -0.313. The highest BCUT2D eigenvalue weighted by molar-refractivity contribution is 5.72. The van der Waals surface area contributed by atoms with Crippen molar-refractivity contribution in [3.63, 3.8) is 0 Å². The van der Waals surface area contributed by atoms with E-state index in [-0.39, 0.29) is 11.2 Å². The normalized spacial score (nSPS) is 15.2. The molecule has 1 aliphatic heterocycles. The largest absolute Gasteiger partial charge is 0.332 e. The van der Waals surface area contributed by atoms with E-state index in [2.05, 4.69) is 24.8 Å². The van der Waals surface area contributed by atoms with Crippen molar-refractivity contribution in [1.82, 2.24) is 33.4 Å². The molecule has 0 amide bonds. The first-order valence-corrected chi connectivity index (χ1v) is 11.5. The van der Waals surface area contributed by atoms with Gasteiger partial charge in [-0.2, -0.15) is 10.1 Å². The number of nitrogens with zero attached hydrogens (tertiary/aromatic N) is 7. The predicted molar refractivity (Wildman–Crippen MR) is 121 cm³/mol. The Hall–Kier alpha value is -2.68. The summed E-state index contributed by atoms with van der Waals surface area (Å²) in [6, 6.07) is 2.08. The van der Waals surface area contributed by atoms with Crippen molar-refractivity contribution in [3.8, 4) is 5.95 Å². The average Bonchev–Trinajstić information content (AvgIpc) is 3.39. The van der Waals surface area contributed by atoms with Gasteiger partial charge in [0.2, 0.25) is 5.95 Å². The van der Waals surface area contributed by atoms with Crippen LogP contribution in [-0.2, 0) is 33.0 Å². The number of fused-ring (bicyclic) bond motifs is 1. The maximum absolute atomic E-state index is 13.5. The molecule has 0 bridgehead atoms. The zero-order valence-corrected chi connectivity index (χ0v) is 19.1. The van der Waals surface area contributed by atoms with Gasteiger partial charge in [-0.3, -0.25) is 13.9 Å². The lowest BCUT2D eigenvalue weighted by molar-refractivity contribution is 0.218. The van der Waals surface area contributed by atoms with Crippen molar-refractivity contribution < 1.29 is 0 Å². The van der Waals surface area contributed by atoms with Gasteiger partial charge in [0.1, 0.15) is 0 Å². The molecule has 4 heterocycles. The van der Waals surface area contributed by atoms with Crippen molar-refractivity contribution in [2.45, 2.75) is 66.0 Å². The van der Waals surface area contributed by atoms with Gasteiger partial charge in [0.25, 0.3) is 5.56 Å². The second-order valence-corrected chi connectivity index (χ2v) is 8.27. The molecule has 1 saturated heterocycles. The summed E-state index contributed by atoms with van der Waals surface area (Å²) in [5, 5.41) is 4.71. The first kappa shape index (κ1) is 21.5. The Kier molecular flexibility index (Phi) is 6.13. The van der Waals surface area contributed by atoms with Crippen molar-refractivity contribution in [3.05, 3.63) is 38.3 Å². The van der Waals surface area contributed by atoms with Crippen LogP contribution in [-0.4, -0.2) is 53.0 Å². The lowest BCUT2D eigenvalue weighted by Crippen LogP contribution is -2.43. The van der Waals surface area contributed by atoms with Crippen molar-refractivity contribution in [1.29, 1.82) is 0 Å². The molecule has 0 spiro atoms. The van der Waals surface area contributed by atoms with Crippen LogP contribution in [0.4, 0.5) is 0 Å². The molecule has 168 valence electrons. The number of imidazole rings is 1. The Bertz CT molecular complexity index is 1190. The third kappa shape index (κ3) is 3.75.